The van der Waals surface area contributed by atoms with Crippen LogP contribution in [0.5, 0.6) is 5.75 Å². The fourth-order valence-corrected chi connectivity index (χ4v) is 2.53. The Labute approximate surface area is 115 Å². The summed E-state index contributed by atoms with van der Waals surface area (Å²) in [5, 5.41) is 8.19. The highest BCUT2D eigenvalue weighted by Gasteiger charge is 2.07. The Kier molecular flexibility index (Phi) is 4.68. The lowest BCUT2D eigenvalue weighted by Crippen LogP contribution is -2.05. The van der Waals surface area contributed by atoms with E-state index in [1.807, 2.05) is 22.8 Å². The molecule has 0 bridgehead atoms. The second kappa shape index (κ2) is 6.47. The average molecular weight is 279 g/mol. The first kappa shape index (κ1) is 13.7. The van der Waals surface area contributed by atoms with Crippen molar-refractivity contribution in [1.29, 1.82) is 0 Å². The summed E-state index contributed by atoms with van der Waals surface area (Å²) >= 11 is 0. The topological polar surface area (TPSA) is 57.0 Å². The molecule has 0 unspecified atom stereocenters. The molecule has 0 spiro atoms. The van der Waals surface area contributed by atoms with E-state index in [1.165, 1.54) is 5.56 Å². The SMILES string of the molecule is COc1cccc(CCCn2cnnc2[S@@](C)=O)c1. The predicted octanol–water partition coefficient (Wildman–Crippen LogP) is 1.66. The van der Waals surface area contributed by atoms with Gasteiger partial charge in [0.15, 0.2) is 0 Å². The van der Waals surface area contributed by atoms with Crippen LogP contribution >= 0.6 is 0 Å². The van der Waals surface area contributed by atoms with Gasteiger partial charge in [-0.3, -0.25) is 4.21 Å². The number of aryl methyl sites for hydroxylation is 2. The van der Waals surface area contributed by atoms with Crippen molar-refractivity contribution in [2.75, 3.05) is 13.4 Å². The van der Waals surface area contributed by atoms with Crippen molar-refractivity contribution in [3.63, 3.8) is 0 Å². The summed E-state index contributed by atoms with van der Waals surface area (Å²) in [5.74, 6) is 0.872. The first-order valence-corrected chi connectivity index (χ1v) is 7.60. The summed E-state index contributed by atoms with van der Waals surface area (Å²) < 4.78 is 18.5. The van der Waals surface area contributed by atoms with Crippen LogP contribution in [-0.2, 0) is 23.8 Å². The van der Waals surface area contributed by atoms with Crippen LogP contribution in [0.2, 0.25) is 0 Å². The number of aromatic nitrogens is 3. The van der Waals surface area contributed by atoms with Crippen LogP contribution in [0, 0.1) is 0 Å². The van der Waals surface area contributed by atoms with Crippen LogP contribution < -0.4 is 4.74 Å². The number of rotatable bonds is 6. The molecule has 0 aliphatic rings. The molecule has 1 atom stereocenters. The fraction of sp³-hybridized carbons (Fsp3) is 0.385. The quantitative estimate of drug-likeness (QED) is 0.807. The van der Waals surface area contributed by atoms with Crippen molar-refractivity contribution in [3.8, 4) is 5.75 Å². The van der Waals surface area contributed by atoms with Crippen molar-refractivity contribution >= 4 is 10.8 Å². The normalized spacial score (nSPS) is 12.3. The zero-order chi connectivity index (χ0) is 13.7. The maximum Gasteiger partial charge on any atom is 0.221 e. The third-order valence-electron chi connectivity index (χ3n) is 2.84. The monoisotopic (exact) mass is 279 g/mol. The molecule has 0 radical (unpaired) electrons. The molecule has 1 heterocycles. The molecule has 2 aromatic rings. The summed E-state index contributed by atoms with van der Waals surface area (Å²) in [6.07, 6.45) is 5.12. The number of methoxy groups -OCH3 is 1. The maximum atomic E-state index is 11.4. The van der Waals surface area contributed by atoms with Gasteiger partial charge in [0.1, 0.15) is 12.1 Å². The number of hydrogen-bond donors (Lipinski definition) is 0. The van der Waals surface area contributed by atoms with E-state index in [-0.39, 0.29) is 0 Å². The Morgan fingerprint density at radius 1 is 1.42 bits per heavy atom. The summed E-state index contributed by atoms with van der Waals surface area (Å²) in [4.78, 5) is 0. The molecule has 5 nitrogen and oxygen atoms in total. The lowest BCUT2D eigenvalue weighted by Gasteiger charge is -2.06. The minimum Gasteiger partial charge on any atom is -0.497 e. The molecule has 2 rings (SSSR count). The van der Waals surface area contributed by atoms with Gasteiger partial charge in [0, 0.05) is 12.8 Å². The van der Waals surface area contributed by atoms with Gasteiger partial charge in [0.05, 0.1) is 17.9 Å². The molecule has 1 aromatic carbocycles. The van der Waals surface area contributed by atoms with E-state index < -0.39 is 10.8 Å². The zero-order valence-electron chi connectivity index (χ0n) is 11.1. The van der Waals surface area contributed by atoms with Crippen LogP contribution in [0.4, 0.5) is 0 Å². The smallest absolute Gasteiger partial charge is 0.221 e. The molecule has 0 aliphatic carbocycles. The van der Waals surface area contributed by atoms with Gasteiger partial charge in [-0.2, -0.15) is 0 Å². The van der Waals surface area contributed by atoms with Crippen molar-refractivity contribution < 1.29 is 8.95 Å². The molecule has 0 fully saturated rings. The van der Waals surface area contributed by atoms with E-state index in [2.05, 4.69) is 16.3 Å². The van der Waals surface area contributed by atoms with Crippen LogP contribution in [0.1, 0.15) is 12.0 Å². The molecule has 6 heteroatoms. The third kappa shape index (κ3) is 3.64. The minimum atomic E-state index is -1.09. The standard InChI is InChI=1S/C13H17N3O2S/c1-18-12-7-3-5-11(9-12)6-4-8-16-10-14-15-13(16)19(2)17/h3,5,7,9-10H,4,6,8H2,1-2H3/t19-/m1/s1. The van der Waals surface area contributed by atoms with Crippen LogP contribution in [0.3, 0.4) is 0 Å². The van der Waals surface area contributed by atoms with E-state index in [0.717, 1.165) is 25.1 Å². The Bertz CT molecular complexity index is 569. The van der Waals surface area contributed by atoms with Gasteiger partial charge in [-0.05, 0) is 30.5 Å². The number of ether oxygens (including phenoxy) is 1. The molecule has 19 heavy (non-hydrogen) atoms. The van der Waals surface area contributed by atoms with E-state index >= 15 is 0 Å². The molecular formula is C13H17N3O2S. The van der Waals surface area contributed by atoms with Crippen molar-refractivity contribution in [2.24, 2.45) is 0 Å². The highest BCUT2D eigenvalue weighted by atomic mass is 32.2. The molecule has 1 aromatic heterocycles. The average Bonchev–Trinajstić information content (AvgIpc) is 2.87. The number of nitrogens with zero attached hydrogens (tertiary/aromatic N) is 3. The summed E-state index contributed by atoms with van der Waals surface area (Å²) in [7, 11) is 0.573. The maximum absolute atomic E-state index is 11.4. The van der Waals surface area contributed by atoms with E-state index in [0.29, 0.717) is 5.16 Å². The van der Waals surface area contributed by atoms with Gasteiger partial charge in [0.25, 0.3) is 0 Å². The molecule has 0 saturated heterocycles. The lowest BCUT2D eigenvalue weighted by molar-refractivity contribution is 0.414. The minimum absolute atomic E-state index is 0.533. The summed E-state index contributed by atoms with van der Waals surface area (Å²) in [6.45, 7) is 0.763. The molecule has 0 N–H and O–H groups in total. The summed E-state index contributed by atoms with van der Waals surface area (Å²) in [6, 6.07) is 8.03. The third-order valence-corrected chi connectivity index (χ3v) is 3.67. The van der Waals surface area contributed by atoms with E-state index in [4.69, 9.17) is 4.74 Å². The summed E-state index contributed by atoms with van der Waals surface area (Å²) in [5.41, 5.74) is 1.23. The van der Waals surface area contributed by atoms with Gasteiger partial charge in [-0.25, -0.2) is 0 Å². The second-order valence-corrected chi connectivity index (χ2v) is 5.49. The van der Waals surface area contributed by atoms with Crippen LogP contribution in [0.15, 0.2) is 35.7 Å². The Morgan fingerprint density at radius 3 is 3.00 bits per heavy atom. The van der Waals surface area contributed by atoms with Gasteiger partial charge in [-0.1, -0.05) is 12.1 Å². The van der Waals surface area contributed by atoms with Gasteiger partial charge in [0.2, 0.25) is 5.16 Å². The van der Waals surface area contributed by atoms with Crippen molar-refractivity contribution in [2.45, 2.75) is 24.5 Å². The van der Waals surface area contributed by atoms with E-state index in [9.17, 15) is 4.21 Å². The second-order valence-electron chi connectivity index (χ2n) is 4.22. The Balaban J connectivity index is 1.92. The lowest BCUT2D eigenvalue weighted by atomic mass is 10.1. The Hall–Kier alpha value is -1.69. The predicted molar refractivity (Wildman–Crippen MR) is 73.7 cm³/mol. The van der Waals surface area contributed by atoms with Crippen LogP contribution in [-0.4, -0.2) is 32.3 Å². The molecule has 0 aliphatic heterocycles. The molecular weight excluding hydrogens is 262 g/mol. The highest BCUT2D eigenvalue weighted by molar-refractivity contribution is 7.84. The molecule has 102 valence electrons. The molecule has 0 amide bonds. The van der Waals surface area contributed by atoms with Gasteiger partial charge >= 0.3 is 0 Å². The van der Waals surface area contributed by atoms with Crippen molar-refractivity contribution in [1.82, 2.24) is 14.8 Å². The van der Waals surface area contributed by atoms with Crippen molar-refractivity contribution in [3.05, 3.63) is 36.2 Å². The van der Waals surface area contributed by atoms with Gasteiger partial charge in [-0.15, -0.1) is 10.2 Å². The zero-order valence-corrected chi connectivity index (χ0v) is 11.9. The molecule has 0 saturated carbocycles. The largest absolute Gasteiger partial charge is 0.497 e. The Morgan fingerprint density at radius 2 is 2.26 bits per heavy atom. The fourth-order valence-electron chi connectivity index (χ4n) is 1.90. The first-order chi connectivity index (χ1) is 9.20. The number of hydrogen-bond acceptors (Lipinski definition) is 4. The van der Waals surface area contributed by atoms with E-state index in [1.54, 1.807) is 19.7 Å². The number of benzene rings is 1. The van der Waals surface area contributed by atoms with Crippen LogP contribution in [0.25, 0.3) is 0 Å². The van der Waals surface area contributed by atoms with Gasteiger partial charge < -0.3 is 9.30 Å². The first-order valence-electron chi connectivity index (χ1n) is 6.05. The highest BCUT2D eigenvalue weighted by Crippen LogP contribution is 2.14.